The normalized spacial score (nSPS) is 10.2. The maximum atomic E-state index is 11.6. The van der Waals surface area contributed by atoms with E-state index in [4.69, 9.17) is 0 Å². The summed E-state index contributed by atoms with van der Waals surface area (Å²) >= 11 is 0. The molecule has 1 aromatic carbocycles. The Kier molecular flexibility index (Phi) is 4.55. The molecule has 2 rings (SSSR count). The average molecular weight is 258 g/mol. The van der Waals surface area contributed by atoms with E-state index in [1.54, 1.807) is 0 Å². The van der Waals surface area contributed by atoms with E-state index >= 15 is 0 Å². The minimum Gasteiger partial charge on any atom is -0.338 e. The molecule has 0 aliphatic rings. The monoisotopic (exact) mass is 258 g/mol. The predicted octanol–water partition coefficient (Wildman–Crippen LogP) is 2.47. The summed E-state index contributed by atoms with van der Waals surface area (Å²) in [5.74, 6) is 0. The van der Waals surface area contributed by atoms with Crippen LogP contribution in [-0.2, 0) is 6.42 Å². The molecule has 0 saturated heterocycles. The summed E-state index contributed by atoms with van der Waals surface area (Å²) in [5, 5.41) is 12.5. The third-order valence-electron chi connectivity index (χ3n) is 2.87. The van der Waals surface area contributed by atoms with Gasteiger partial charge in [0.1, 0.15) is 0 Å². The van der Waals surface area contributed by atoms with E-state index in [-0.39, 0.29) is 6.03 Å². The summed E-state index contributed by atoms with van der Waals surface area (Å²) in [4.78, 5) is 11.6. The molecule has 2 amide bonds. The second kappa shape index (κ2) is 6.58. The van der Waals surface area contributed by atoms with Crippen molar-refractivity contribution in [2.24, 2.45) is 0 Å². The van der Waals surface area contributed by atoms with Gasteiger partial charge in [0, 0.05) is 17.9 Å². The average Bonchev–Trinajstić information content (AvgIpc) is 2.81. The molecule has 5 heteroatoms. The maximum Gasteiger partial charge on any atom is 0.319 e. The van der Waals surface area contributed by atoms with Crippen LogP contribution in [0.25, 0.3) is 0 Å². The van der Waals surface area contributed by atoms with Crippen molar-refractivity contribution < 1.29 is 4.79 Å². The highest BCUT2D eigenvalue weighted by molar-refractivity contribution is 5.89. The second-order valence-electron chi connectivity index (χ2n) is 4.37. The summed E-state index contributed by atoms with van der Waals surface area (Å²) in [6.45, 7) is 2.64. The quantitative estimate of drug-likeness (QED) is 0.721. The fraction of sp³-hybridized carbons (Fsp3) is 0.286. The molecule has 0 radical (unpaired) electrons. The van der Waals surface area contributed by atoms with Crippen LogP contribution in [0.1, 0.15) is 17.7 Å². The van der Waals surface area contributed by atoms with E-state index in [9.17, 15) is 4.79 Å². The van der Waals surface area contributed by atoms with Gasteiger partial charge in [-0.2, -0.15) is 5.10 Å². The first-order valence-electron chi connectivity index (χ1n) is 6.34. The third kappa shape index (κ3) is 4.13. The van der Waals surface area contributed by atoms with Gasteiger partial charge in [0.15, 0.2) is 0 Å². The Balaban J connectivity index is 1.66. The van der Waals surface area contributed by atoms with Crippen LogP contribution >= 0.6 is 0 Å². The van der Waals surface area contributed by atoms with Gasteiger partial charge >= 0.3 is 6.03 Å². The lowest BCUT2D eigenvalue weighted by Crippen LogP contribution is -2.29. The molecule has 0 unspecified atom stereocenters. The van der Waals surface area contributed by atoms with Crippen LogP contribution in [0.5, 0.6) is 0 Å². The third-order valence-corrected chi connectivity index (χ3v) is 2.87. The number of aromatic nitrogens is 2. The molecular formula is C14H18N4O. The Morgan fingerprint density at radius 3 is 2.79 bits per heavy atom. The van der Waals surface area contributed by atoms with E-state index in [1.807, 2.05) is 43.5 Å². The molecule has 0 spiro atoms. The van der Waals surface area contributed by atoms with E-state index < -0.39 is 0 Å². The van der Waals surface area contributed by atoms with Gasteiger partial charge in [0.25, 0.3) is 0 Å². The number of anilines is 1. The van der Waals surface area contributed by atoms with Crippen LogP contribution in [-0.4, -0.2) is 22.8 Å². The zero-order valence-corrected chi connectivity index (χ0v) is 10.9. The van der Waals surface area contributed by atoms with E-state index in [2.05, 4.69) is 20.8 Å². The Bertz CT molecular complexity index is 521. The lowest BCUT2D eigenvalue weighted by atomic mass is 10.1. The van der Waals surface area contributed by atoms with E-state index in [0.717, 1.165) is 24.2 Å². The highest BCUT2D eigenvalue weighted by Gasteiger charge is 2.02. The van der Waals surface area contributed by atoms with Crippen molar-refractivity contribution >= 4 is 11.7 Å². The molecule has 100 valence electrons. The van der Waals surface area contributed by atoms with Crippen molar-refractivity contribution in [2.75, 3.05) is 11.9 Å². The summed E-state index contributed by atoms with van der Waals surface area (Å²) < 4.78 is 0. The van der Waals surface area contributed by atoms with Gasteiger partial charge in [-0.15, -0.1) is 0 Å². The fourth-order valence-corrected chi connectivity index (χ4v) is 1.81. The zero-order chi connectivity index (χ0) is 13.5. The molecule has 0 fully saturated rings. The number of urea groups is 1. The number of rotatable bonds is 5. The van der Waals surface area contributed by atoms with Crippen LogP contribution in [0.15, 0.2) is 36.5 Å². The number of carbonyl (C=O) groups is 1. The SMILES string of the molecule is Cc1[nH]ncc1CCCNC(=O)Nc1ccccc1. The van der Waals surface area contributed by atoms with E-state index in [1.165, 1.54) is 5.56 Å². The molecule has 19 heavy (non-hydrogen) atoms. The first kappa shape index (κ1) is 13.1. The number of nitrogens with zero attached hydrogens (tertiary/aromatic N) is 1. The molecule has 0 aliphatic heterocycles. The van der Waals surface area contributed by atoms with Crippen molar-refractivity contribution in [3.63, 3.8) is 0 Å². The lowest BCUT2D eigenvalue weighted by molar-refractivity contribution is 0.252. The predicted molar refractivity (Wildman–Crippen MR) is 75.1 cm³/mol. The van der Waals surface area contributed by atoms with Gasteiger partial charge in [-0.05, 0) is 37.5 Å². The standard InChI is InChI=1S/C14H18N4O/c1-11-12(10-16-18-11)6-5-9-15-14(19)17-13-7-3-2-4-8-13/h2-4,7-8,10H,5-6,9H2,1H3,(H,16,18)(H2,15,17,19). The largest absolute Gasteiger partial charge is 0.338 e. The summed E-state index contributed by atoms with van der Waals surface area (Å²) in [7, 11) is 0. The first-order chi connectivity index (χ1) is 9.25. The second-order valence-corrected chi connectivity index (χ2v) is 4.37. The highest BCUT2D eigenvalue weighted by atomic mass is 16.2. The van der Waals surface area contributed by atoms with Crippen molar-refractivity contribution in [1.82, 2.24) is 15.5 Å². The number of aromatic amines is 1. The molecule has 2 aromatic rings. The van der Waals surface area contributed by atoms with Gasteiger partial charge < -0.3 is 10.6 Å². The summed E-state index contributed by atoms with van der Waals surface area (Å²) in [6.07, 6.45) is 3.63. The summed E-state index contributed by atoms with van der Waals surface area (Å²) in [6, 6.07) is 9.23. The number of aryl methyl sites for hydroxylation is 2. The Hall–Kier alpha value is -2.30. The van der Waals surface area contributed by atoms with Crippen LogP contribution in [0.3, 0.4) is 0 Å². The highest BCUT2D eigenvalue weighted by Crippen LogP contribution is 2.06. The van der Waals surface area contributed by atoms with Gasteiger partial charge in [0.2, 0.25) is 0 Å². The molecular weight excluding hydrogens is 240 g/mol. The minimum absolute atomic E-state index is 0.171. The lowest BCUT2D eigenvalue weighted by Gasteiger charge is -2.07. The molecule has 1 heterocycles. The van der Waals surface area contributed by atoms with Crippen molar-refractivity contribution in [1.29, 1.82) is 0 Å². The Labute approximate surface area is 112 Å². The maximum absolute atomic E-state index is 11.6. The molecule has 0 atom stereocenters. The molecule has 1 aromatic heterocycles. The van der Waals surface area contributed by atoms with Gasteiger partial charge in [-0.1, -0.05) is 18.2 Å². The number of amides is 2. The number of nitrogens with one attached hydrogen (secondary N) is 3. The van der Waals surface area contributed by atoms with Gasteiger partial charge in [0.05, 0.1) is 6.20 Å². The number of benzene rings is 1. The van der Waals surface area contributed by atoms with E-state index in [0.29, 0.717) is 6.54 Å². The molecule has 0 bridgehead atoms. The number of hydrogen-bond donors (Lipinski definition) is 3. The van der Waals surface area contributed by atoms with Crippen LogP contribution in [0.4, 0.5) is 10.5 Å². The van der Waals surface area contributed by atoms with Crippen LogP contribution in [0.2, 0.25) is 0 Å². The minimum atomic E-state index is -0.171. The number of carbonyl (C=O) groups excluding carboxylic acids is 1. The molecule has 0 saturated carbocycles. The first-order valence-corrected chi connectivity index (χ1v) is 6.34. The number of para-hydroxylation sites is 1. The molecule has 3 N–H and O–H groups in total. The zero-order valence-electron chi connectivity index (χ0n) is 10.9. The van der Waals surface area contributed by atoms with Crippen LogP contribution in [0, 0.1) is 6.92 Å². The van der Waals surface area contributed by atoms with Crippen LogP contribution < -0.4 is 10.6 Å². The topological polar surface area (TPSA) is 69.8 Å². The van der Waals surface area contributed by atoms with Gasteiger partial charge in [-0.25, -0.2) is 4.79 Å². The molecule has 0 aliphatic carbocycles. The van der Waals surface area contributed by atoms with Crippen molar-refractivity contribution in [2.45, 2.75) is 19.8 Å². The Morgan fingerprint density at radius 2 is 2.11 bits per heavy atom. The van der Waals surface area contributed by atoms with Crippen molar-refractivity contribution in [3.05, 3.63) is 47.8 Å². The van der Waals surface area contributed by atoms with Crippen molar-refractivity contribution in [3.8, 4) is 0 Å². The number of H-pyrrole nitrogens is 1. The fourth-order valence-electron chi connectivity index (χ4n) is 1.81. The smallest absolute Gasteiger partial charge is 0.319 e. The number of hydrogen-bond acceptors (Lipinski definition) is 2. The molecule has 5 nitrogen and oxygen atoms in total. The Morgan fingerprint density at radius 1 is 1.32 bits per heavy atom. The van der Waals surface area contributed by atoms with Gasteiger partial charge in [-0.3, -0.25) is 5.10 Å². The summed E-state index contributed by atoms with van der Waals surface area (Å²) in [5.41, 5.74) is 3.09.